The first-order valence-corrected chi connectivity index (χ1v) is 13.9. The lowest BCUT2D eigenvalue weighted by Crippen LogP contribution is -2.63. The lowest BCUT2D eigenvalue weighted by atomic mass is 9.58. The van der Waals surface area contributed by atoms with E-state index in [9.17, 15) is 34.5 Å². The maximum atomic E-state index is 14.3. The van der Waals surface area contributed by atoms with Gasteiger partial charge >= 0.3 is 6.09 Å². The van der Waals surface area contributed by atoms with Crippen LogP contribution >= 0.6 is 0 Å². The minimum atomic E-state index is -2.68. The van der Waals surface area contributed by atoms with Crippen molar-refractivity contribution in [1.82, 2.24) is 9.80 Å². The monoisotopic (exact) mass is 582 g/mol. The van der Waals surface area contributed by atoms with E-state index in [1.807, 2.05) is 45.8 Å². The minimum absolute atomic E-state index is 0.0366. The van der Waals surface area contributed by atoms with Crippen molar-refractivity contribution in [2.24, 2.45) is 23.0 Å². The van der Waals surface area contributed by atoms with Gasteiger partial charge in [0.2, 0.25) is 5.78 Å². The van der Waals surface area contributed by atoms with Crippen LogP contribution in [-0.4, -0.2) is 95.1 Å². The molecule has 0 saturated carbocycles. The SMILES string of the molecule is CN(C)c1cc2c(c3c1C[C@H]1C[C@H]4[C@H](N(C)C)C(O)=C(C(N)=O)C(=O)[C@@]4(O)C(O)=C1C3=O)OC(=O)N(CC(C)(C)C)C2. The molecule has 0 fully saturated rings. The van der Waals surface area contributed by atoms with Gasteiger partial charge in [-0.25, -0.2) is 4.79 Å². The molecule has 12 heteroatoms. The molecule has 0 saturated heterocycles. The van der Waals surface area contributed by atoms with Gasteiger partial charge in [-0.05, 0) is 49.9 Å². The number of aliphatic hydroxyl groups excluding tert-OH is 2. The molecule has 1 aromatic carbocycles. The Kier molecular flexibility index (Phi) is 6.74. The second-order valence-corrected chi connectivity index (χ2v) is 13.4. The van der Waals surface area contributed by atoms with Crippen LogP contribution in [-0.2, 0) is 22.6 Å². The Morgan fingerprint density at radius 3 is 2.36 bits per heavy atom. The van der Waals surface area contributed by atoms with Gasteiger partial charge in [0.25, 0.3) is 5.91 Å². The topological polar surface area (TPSA) is 174 Å². The molecule has 0 aromatic heterocycles. The van der Waals surface area contributed by atoms with E-state index in [1.54, 1.807) is 19.0 Å². The average Bonchev–Trinajstić information content (AvgIpc) is 2.85. The third-order valence-corrected chi connectivity index (χ3v) is 8.71. The van der Waals surface area contributed by atoms with Crippen molar-refractivity contribution in [1.29, 1.82) is 0 Å². The molecule has 4 aliphatic rings. The number of carbonyl (C=O) groups is 4. The van der Waals surface area contributed by atoms with Crippen molar-refractivity contribution < 1.29 is 39.2 Å². The number of primary amides is 1. The molecular formula is C30H38N4O8. The maximum absolute atomic E-state index is 14.3. The number of Topliss-reactive ketones (excluding diaryl/α,β-unsaturated/α-hetero) is 2. The molecule has 226 valence electrons. The van der Waals surface area contributed by atoms with E-state index in [-0.39, 0.29) is 41.7 Å². The zero-order chi connectivity index (χ0) is 31.2. The number of carbonyl (C=O) groups excluding carboxylic acids is 4. The molecule has 0 bridgehead atoms. The first kappa shape index (κ1) is 29.6. The fourth-order valence-corrected chi connectivity index (χ4v) is 7.09. The van der Waals surface area contributed by atoms with Crippen LogP contribution in [0.15, 0.2) is 28.7 Å². The summed E-state index contributed by atoms with van der Waals surface area (Å²) in [5, 5.41) is 34.4. The van der Waals surface area contributed by atoms with Crippen LogP contribution in [0.4, 0.5) is 10.5 Å². The number of fused-ring (bicyclic) bond motifs is 5. The summed E-state index contributed by atoms with van der Waals surface area (Å²) < 4.78 is 5.78. The van der Waals surface area contributed by atoms with Crippen LogP contribution in [0, 0.1) is 17.3 Å². The van der Waals surface area contributed by atoms with E-state index >= 15 is 0 Å². The van der Waals surface area contributed by atoms with Crippen LogP contribution in [0.25, 0.3) is 0 Å². The van der Waals surface area contributed by atoms with E-state index in [0.29, 0.717) is 17.7 Å². The molecule has 1 heterocycles. The fraction of sp³-hybridized carbons (Fsp3) is 0.533. The minimum Gasteiger partial charge on any atom is -0.510 e. The average molecular weight is 583 g/mol. The van der Waals surface area contributed by atoms with Crippen molar-refractivity contribution in [3.05, 3.63) is 45.4 Å². The number of ether oxygens (including phenoxy) is 1. The van der Waals surface area contributed by atoms with Gasteiger partial charge in [0.1, 0.15) is 22.8 Å². The highest BCUT2D eigenvalue weighted by molar-refractivity contribution is 6.25. The summed E-state index contributed by atoms with van der Waals surface area (Å²) in [5.41, 5.74) is 3.62. The predicted octanol–water partition coefficient (Wildman–Crippen LogP) is 1.84. The van der Waals surface area contributed by atoms with E-state index in [1.165, 1.54) is 4.90 Å². The number of likely N-dealkylation sites (N-methyl/N-ethyl adjacent to an activating group) is 1. The summed E-state index contributed by atoms with van der Waals surface area (Å²) in [4.78, 5) is 58.1. The standard InChI is InChI=1S/C30H38N4O8/c1-29(2,3)12-34-11-14-10-17(32(4)5)15-8-13-9-16-21(33(6)7)23(36)20(27(31)39)26(38)30(16,41)25(37)18(13)22(35)19(15)24(14)42-28(34)40/h10,13,16,21,36-37,41H,8-9,11-12H2,1-7H3,(H2,31,39)/t13-,16-,21-,30-/m0/s1. The summed E-state index contributed by atoms with van der Waals surface area (Å²) >= 11 is 0. The number of allylic oxidation sites excluding steroid dienone is 1. The molecule has 12 nitrogen and oxygen atoms in total. The number of nitrogens with zero attached hydrogens (tertiary/aromatic N) is 3. The van der Waals surface area contributed by atoms with Gasteiger partial charge in [0.15, 0.2) is 11.4 Å². The Balaban J connectivity index is 1.70. The molecule has 4 atom stereocenters. The maximum Gasteiger partial charge on any atom is 0.415 e. The van der Waals surface area contributed by atoms with Crippen molar-refractivity contribution in [3.8, 4) is 5.75 Å². The lowest BCUT2D eigenvalue weighted by molar-refractivity contribution is -0.148. The Morgan fingerprint density at radius 1 is 1.17 bits per heavy atom. The van der Waals surface area contributed by atoms with Gasteiger partial charge in [-0.2, -0.15) is 0 Å². The first-order valence-electron chi connectivity index (χ1n) is 13.9. The third-order valence-electron chi connectivity index (χ3n) is 8.71. The molecule has 0 radical (unpaired) electrons. The molecule has 0 spiro atoms. The van der Waals surface area contributed by atoms with Crippen LogP contribution in [0.5, 0.6) is 5.75 Å². The van der Waals surface area contributed by atoms with Crippen molar-refractivity contribution >= 4 is 29.3 Å². The number of hydrogen-bond donors (Lipinski definition) is 4. The first-order chi connectivity index (χ1) is 19.4. The van der Waals surface area contributed by atoms with Crippen molar-refractivity contribution in [2.75, 3.05) is 39.6 Å². The molecule has 42 heavy (non-hydrogen) atoms. The van der Waals surface area contributed by atoms with Gasteiger partial charge in [0.05, 0.1) is 18.2 Å². The number of nitrogens with two attached hydrogens (primary N) is 1. The number of ketones is 2. The van der Waals surface area contributed by atoms with Crippen LogP contribution in [0.2, 0.25) is 0 Å². The zero-order valence-electron chi connectivity index (χ0n) is 24.9. The van der Waals surface area contributed by atoms with Gasteiger partial charge < -0.3 is 35.6 Å². The molecular weight excluding hydrogens is 544 g/mol. The smallest absolute Gasteiger partial charge is 0.415 e. The summed E-state index contributed by atoms with van der Waals surface area (Å²) in [6.45, 7) is 6.63. The normalized spacial score (nSPS) is 27.4. The van der Waals surface area contributed by atoms with E-state index in [0.717, 1.165) is 5.69 Å². The van der Waals surface area contributed by atoms with E-state index < -0.39 is 64.1 Å². The molecule has 5 N–H and O–H groups in total. The van der Waals surface area contributed by atoms with Gasteiger partial charge in [-0.3, -0.25) is 19.3 Å². The van der Waals surface area contributed by atoms with Gasteiger partial charge in [-0.1, -0.05) is 20.8 Å². The highest BCUT2D eigenvalue weighted by Crippen LogP contribution is 2.54. The molecule has 5 rings (SSSR count). The Labute approximate surface area is 244 Å². The quantitative estimate of drug-likeness (QED) is 0.384. The number of aliphatic hydroxyl groups is 3. The van der Waals surface area contributed by atoms with Crippen LogP contribution in [0.1, 0.15) is 48.7 Å². The highest BCUT2D eigenvalue weighted by atomic mass is 16.6. The highest BCUT2D eigenvalue weighted by Gasteiger charge is 2.63. The van der Waals surface area contributed by atoms with Crippen molar-refractivity contribution in [2.45, 2.75) is 51.8 Å². The summed E-state index contributed by atoms with van der Waals surface area (Å²) in [7, 11) is 6.88. The van der Waals surface area contributed by atoms with E-state index in [2.05, 4.69) is 0 Å². The number of rotatable bonds is 4. The molecule has 0 unspecified atom stereocenters. The van der Waals surface area contributed by atoms with Gasteiger partial charge in [0, 0.05) is 43.4 Å². The molecule has 3 aliphatic carbocycles. The Hall–Kier alpha value is -3.90. The predicted molar refractivity (Wildman–Crippen MR) is 152 cm³/mol. The molecule has 1 aliphatic heterocycles. The molecule has 1 aromatic rings. The van der Waals surface area contributed by atoms with E-state index in [4.69, 9.17) is 10.5 Å². The zero-order valence-corrected chi connectivity index (χ0v) is 24.9. The second-order valence-electron chi connectivity index (χ2n) is 13.4. The number of anilines is 1. The fourth-order valence-electron chi connectivity index (χ4n) is 7.09. The lowest BCUT2D eigenvalue weighted by Gasteiger charge is -2.50. The van der Waals surface area contributed by atoms with Crippen LogP contribution < -0.4 is 15.4 Å². The number of benzene rings is 1. The Morgan fingerprint density at radius 2 is 1.81 bits per heavy atom. The largest absolute Gasteiger partial charge is 0.510 e. The van der Waals surface area contributed by atoms with Gasteiger partial charge in [-0.15, -0.1) is 0 Å². The number of hydrogen-bond acceptors (Lipinski definition) is 10. The molecule has 2 amide bonds. The third kappa shape index (κ3) is 4.18. The number of amides is 2. The summed E-state index contributed by atoms with van der Waals surface area (Å²) in [5.74, 6) is -6.27. The second kappa shape index (κ2) is 9.56. The Bertz CT molecular complexity index is 1500. The van der Waals surface area contributed by atoms with Crippen molar-refractivity contribution in [3.63, 3.8) is 0 Å². The van der Waals surface area contributed by atoms with Crippen LogP contribution in [0.3, 0.4) is 0 Å². The summed E-state index contributed by atoms with van der Waals surface area (Å²) in [6.07, 6.45) is -0.330. The summed E-state index contributed by atoms with van der Waals surface area (Å²) in [6, 6.07) is 0.861.